The van der Waals surface area contributed by atoms with E-state index in [1.807, 2.05) is 0 Å². The van der Waals surface area contributed by atoms with Gasteiger partial charge in [-0.05, 0) is 31.1 Å². The Balaban J connectivity index is 2.55. The van der Waals surface area contributed by atoms with Crippen molar-refractivity contribution in [1.82, 2.24) is 0 Å². The molecule has 0 amide bonds. The van der Waals surface area contributed by atoms with Crippen LogP contribution in [0.25, 0.3) is 0 Å². The maximum atomic E-state index is 2.36. The smallest absolute Gasteiger partial charge is 0.0147 e. The maximum absolute atomic E-state index is 2.36. The van der Waals surface area contributed by atoms with E-state index in [9.17, 15) is 0 Å². The molecule has 0 saturated heterocycles. The van der Waals surface area contributed by atoms with Crippen LogP contribution in [0.4, 0.5) is 0 Å². The highest BCUT2D eigenvalue weighted by atomic mass is 14.3. The maximum Gasteiger partial charge on any atom is -0.0147 e. The molecule has 0 radical (unpaired) electrons. The Labute approximate surface area is 70.7 Å². The zero-order chi connectivity index (χ0) is 8.32. The molecule has 0 aromatic rings. The Hall–Kier alpha value is -0.260. The Morgan fingerprint density at radius 3 is 2.18 bits per heavy atom. The molecule has 0 atom stereocenters. The van der Waals surface area contributed by atoms with Crippen LogP contribution in [-0.2, 0) is 0 Å². The van der Waals surface area contributed by atoms with Gasteiger partial charge < -0.3 is 0 Å². The highest BCUT2D eigenvalue weighted by Gasteiger charge is 2.28. The molecule has 1 fully saturated rings. The Kier molecular flexibility index (Phi) is 2.75. The minimum atomic E-state index is 0.450. The molecule has 1 aliphatic rings. The summed E-state index contributed by atoms with van der Waals surface area (Å²) < 4.78 is 0. The lowest BCUT2D eigenvalue weighted by molar-refractivity contribution is 0.289. The van der Waals surface area contributed by atoms with Crippen molar-refractivity contribution in [3.8, 4) is 0 Å². The standard InChI is InChI=1S/C11H20/c1-4-9-11(2,3)10-7-5-6-8-10/h4,9-10H,5-8H2,1-3H3/b9-4-. The van der Waals surface area contributed by atoms with E-state index in [1.165, 1.54) is 25.7 Å². The number of hydrogen-bond acceptors (Lipinski definition) is 0. The van der Waals surface area contributed by atoms with Crippen molar-refractivity contribution in [2.45, 2.75) is 46.5 Å². The van der Waals surface area contributed by atoms with Gasteiger partial charge in [0.1, 0.15) is 0 Å². The molecule has 0 unspecified atom stereocenters. The summed E-state index contributed by atoms with van der Waals surface area (Å²) in [6.45, 7) is 6.85. The minimum Gasteiger partial charge on any atom is -0.0911 e. The molecule has 0 nitrogen and oxygen atoms in total. The summed E-state index contributed by atoms with van der Waals surface area (Å²) >= 11 is 0. The highest BCUT2D eigenvalue weighted by molar-refractivity contribution is 4.98. The van der Waals surface area contributed by atoms with Crippen molar-refractivity contribution in [3.63, 3.8) is 0 Å². The van der Waals surface area contributed by atoms with Gasteiger partial charge in [-0.2, -0.15) is 0 Å². The largest absolute Gasteiger partial charge is 0.0911 e. The number of hydrogen-bond donors (Lipinski definition) is 0. The van der Waals surface area contributed by atoms with Crippen LogP contribution in [0, 0.1) is 11.3 Å². The summed E-state index contributed by atoms with van der Waals surface area (Å²) in [5.74, 6) is 0.943. The lowest BCUT2D eigenvalue weighted by Crippen LogP contribution is -2.18. The first-order valence-electron chi connectivity index (χ1n) is 4.80. The van der Waals surface area contributed by atoms with E-state index in [0.717, 1.165) is 5.92 Å². The Morgan fingerprint density at radius 2 is 1.73 bits per heavy atom. The molecule has 0 aromatic carbocycles. The van der Waals surface area contributed by atoms with E-state index < -0.39 is 0 Å². The van der Waals surface area contributed by atoms with Gasteiger partial charge in [-0.1, -0.05) is 38.8 Å². The van der Waals surface area contributed by atoms with Crippen LogP contribution in [-0.4, -0.2) is 0 Å². The van der Waals surface area contributed by atoms with Crippen molar-refractivity contribution >= 4 is 0 Å². The molecule has 0 aliphatic heterocycles. The first-order chi connectivity index (χ1) is 5.17. The molecule has 0 aromatic heterocycles. The molecular weight excluding hydrogens is 132 g/mol. The lowest BCUT2D eigenvalue weighted by Gasteiger charge is -2.27. The van der Waals surface area contributed by atoms with Gasteiger partial charge >= 0.3 is 0 Å². The van der Waals surface area contributed by atoms with Gasteiger partial charge in [0.25, 0.3) is 0 Å². The van der Waals surface area contributed by atoms with Crippen LogP contribution >= 0.6 is 0 Å². The van der Waals surface area contributed by atoms with Crippen LogP contribution in [0.5, 0.6) is 0 Å². The highest BCUT2D eigenvalue weighted by Crippen LogP contribution is 2.40. The summed E-state index contributed by atoms with van der Waals surface area (Å²) in [5.41, 5.74) is 0.450. The summed E-state index contributed by atoms with van der Waals surface area (Å²) in [6.07, 6.45) is 10.3. The fourth-order valence-corrected chi connectivity index (χ4v) is 2.24. The van der Waals surface area contributed by atoms with E-state index in [1.54, 1.807) is 0 Å². The van der Waals surface area contributed by atoms with Crippen molar-refractivity contribution in [2.24, 2.45) is 11.3 Å². The number of allylic oxidation sites excluding steroid dienone is 2. The van der Waals surface area contributed by atoms with E-state index in [0.29, 0.717) is 5.41 Å². The van der Waals surface area contributed by atoms with Crippen molar-refractivity contribution in [1.29, 1.82) is 0 Å². The molecule has 64 valence electrons. The van der Waals surface area contributed by atoms with Crippen molar-refractivity contribution < 1.29 is 0 Å². The normalized spacial score (nSPS) is 21.7. The average molecular weight is 152 g/mol. The van der Waals surface area contributed by atoms with Gasteiger partial charge in [0, 0.05) is 0 Å². The SMILES string of the molecule is C/C=C\C(C)(C)C1CCCC1. The lowest BCUT2D eigenvalue weighted by atomic mass is 9.77. The fraction of sp³-hybridized carbons (Fsp3) is 0.818. The van der Waals surface area contributed by atoms with E-state index in [2.05, 4.69) is 32.9 Å². The molecule has 1 aliphatic carbocycles. The third-order valence-electron chi connectivity index (χ3n) is 3.00. The fourth-order valence-electron chi connectivity index (χ4n) is 2.24. The van der Waals surface area contributed by atoms with Gasteiger partial charge in [-0.3, -0.25) is 0 Å². The second-order valence-electron chi connectivity index (χ2n) is 4.30. The summed E-state index contributed by atoms with van der Waals surface area (Å²) in [6, 6.07) is 0. The summed E-state index contributed by atoms with van der Waals surface area (Å²) in [4.78, 5) is 0. The second-order valence-corrected chi connectivity index (χ2v) is 4.30. The van der Waals surface area contributed by atoms with Gasteiger partial charge in [0.15, 0.2) is 0 Å². The third-order valence-corrected chi connectivity index (χ3v) is 3.00. The van der Waals surface area contributed by atoms with E-state index in [-0.39, 0.29) is 0 Å². The topological polar surface area (TPSA) is 0 Å². The predicted molar refractivity (Wildman–Crippen MR) is 50.6 cm³/mol. The van der Waals surface area contributed by atoms with Crippen LogP contribution < -0.4 is 0 Å². The monoisotopic (exact) mass is 152 g/mol. The Bertz CT molecular complexity index is 136. The molecule has 0 bridgehead atoms. The third kappa shape index (κ3) is 2.08. The van der Waals surface area contributed by atoms with Crippen molar-refractivity contribution in [3.05, 3.63) is 12.2 Å². The van der Waals surface area contributed by atoms with Crippen LogP contribution in [0.2, 0.25) is 0 Å². The van der Waals surface area contributed by atoms with Gasteiger partial charge in [-0.25, -0.2) is 0 Å². The first kappa shape index (κ1) is 8.83. The average Bonchev–Trinajstić information content (AvgIpc) is 2.37. The molecule has 11 heavy (non-hydrogen) atoms. The number of rotatable bonds is 2. The summed E-state index contributed by atoms with van der Waals surface area (Å²) in [7, 11) is 0. The van der Waals surface area contributed by atoms with E-state index in [4.69, 9.17) is 0 Å². The van der Waals surface area contributed by atoms with Gasteiger partial charge in [0.2, 0.25) is 0 Å². The molecular formula is C11H20. The van der Waals surface area contributed by atoms with Crippen LogP contribution in [0.15, 0.2) is 12.2 Å². The molecule has 0 spiro atoms. The first-order valence-corrected chi connectivity index (χ1v) is 4.80. The van der Waals surface area contributed by atoms with E-state index >= 15 is 0 Å². The molecule has 0 N–H and O–H groups in total. The van der Waals surface area contributed by atoms with Crippen LogP contribution in [0.1, 0.15) is 46.5 Å². The second kappa shape index (κ2) is 3.42. The molecule has 0 heteroatoms. The van der Waals surface area contributed by atoms with Gasteiger partial charge in [0.05, 0.1) is 0 Å². The zero-order valence-corrected chi connectivity index (χ0v) is 8.06. The summed E-state index contributed by atoms with van der Waals surface area (Å²) in [5, 5.41) is 0. The zero-order valence-electron chi connectivity index (χ0n) is 8.06. The quantitative estimate of drug-likeness (QED) is 0.528. The van der Waals surface area contributed by atoms with Crippen molar-refractivity contribution in [2.75, 3.05) is 0 Å². The molecule has 1 saturated carbocycles. The molecule has 1 rings (SSSR count). The Morgan fingerprint density at radius 1 is 1.18 bits per heavy atom. The minimum absolute atomic E-state index is 0.450. The predicted octanol–water partition coefficient (Wildman–Crippen LogP) is 3.78. The van der Waals surface area contributed by atoms with Gasteiger partial charge in [-0.15, -0.1) is 0 Å². The van der Waals surface area contributed by atoms with Crippen LogP contribution in [0.3, 0.4) is 0 Å². The molecule has 0 heterocycles.